The Bertz CT molecular complexity index is 1230. The van der Waals surface area contributed by atoms with E-state index in [9.17, 15) is 4.79 Å². The van der Waals surface area contributed by atoms with Gasteiger partial charge in [0.1, 0.15) is 22.7 Å². The van der Waals surface area contributed by atoms with Crippen LogP contribution in [-0.2, 0) is 11.3 Å². The SMILES string of the molecule is COc1ccccc1CNC(=O)C1CCN(c2ncnc3c2sc2ncccc23)CC1. The Balaban J connectivity index is 1.26. The van der Waals surface area contributed by atoms with Gasteiger partial charge in [-0.2, -0.15) is 0 Å². The van der Waals surface area contributed by atoms with Gasteiger partial charge in [-0.05, 0) is 31.0 Å². The summed E-state index contributed by atoms with van der Waals surface area (Å²) >= 11 is 1.63. The van der Waals surface area contributed by atoms with E-state index in [4.69, 9.17) is 4.74 Å². The fourth-order valence-electron chi connectivity index (χ4n) is 4.15. The standard InChI is InChI=1S/C23H23N5O2S/c1-30-18-7-3-2-5-16(18)13-25-22(29)15-8-11-28(12-9-15)21-20-19(26-14-27-21)17-6-4-10-24-23(17)31-20/h2-7,10,14-15H,8-9,11-13H2,1H3,(H,25,29). The number of rotatable bonds is 5. The van der Waals surface area contributed by atoms with E-state index in [0.717, 1.165) is 63.5 Å². The topological polar surface area (TPSA) is 80.2 Å². The number of nitrogens with zero attached hydrogens (tertiary/aromatic N) is 4. The molecule has 1 fully saturated rings. The number of thiophene rings is 1. The molecule has 31 heavy (non-hydrogen) atoms. The molecule has 3 aromatic heterocycles. The minimum absolute atomic E-state index is 0.00681. The molecule has 1 saturated heterocycles. The first-order valence-corrected chi connectivity index (χ1v) is 11.2. The van der Waals surface area contributed by atoms with Crippen molar-refractivity contribution in [3.05, 3.63) is 54.5 Å². The number of nitrogens with one attached hydrogen (secondary N) is 1. The van der Waals surface area contributed by atoms with Gasteiger partial charge in [-0.15, -0.1) is 11.3 Å². The minimum Gasteiger partial charge on any atom is -0.496 e. The fraction of sp³-hybridized carbons (Fsp3) is 0.304. The lowest BCUT2D eigenvalue weighted by atomic mass is 9.95. The van der Waals surface area contributed by atoms with Crippen molar-refractivity contribution in [3.8, 4) is 5.75 Å². The van der Waals surface area contributed by atoms with Gasteiger partial charge in [0.05, 0.1) is 17.3 Å². The van der Waals surface area contributed by atoms with Gasteiger partial charge >= 0.3 is 0 Å². The van der Waals surface area contributed by atoms with Crippen molar-refractivity contribution in [3.63, 3.8) is 0 Å². The molecule has 0 atom stereocenters. The zero-order valence-corrected chi connectivity index (χ0v) is 18.1. The van der Waals surface area contributed by atoms with E-state index in [0.29, 0.717) is 6.54 Å². The normalized spacial score (nSPS) is 14.8. The number of benzene rings is 1. The van der Waals surface area contributed by atoms with Crippen LogP contribution in [0.25, 0.3) is 20.4 Å². The maximum absolute atomic E-state index is 12.7. The molecule has 5 rings (SSSR count). The maximum atomic E-state index is 12.7. The summed E-state index contributed by atoms with van der Waals surface area (Å²) in [6.45, 7) is 2.06. The molecule has 1 aliphatic heterocycles. The van der Waals surface area contributed by atoms with Crippen LogP contribution in [-0.4, -0.2) is 41.1 Å². The molecular formula is C23H23N5O2S. The van der Waals surface area contributed by atoms with Gasteiger partial charge in [-0.3, -0.25) is 4.79 Å². The van der Waals surface area contributed by atoms with E-state index in [2.05, 4.69) is 31.2 Å². The lowest BCUT2D eigenvalue weighted by Gasteiger charge is -2.32. The number of para-hydroxylation sites is 1. The fourth-order valence-corrected chi connectivity index (χ4v) is 5.27. The smallest absolute Gasteiger partial charge is 0.223 e. The van der Waals surface area contributed by atoms with E-state index in [1.165, 1.54) is 0 Å². The number of ether oxygens (including phenoxy) is 1. The van der Waals surface area contributed by atoms with Crippen LogP contribution in [0.3, 0.4) is 0 Å². The van der Waals surface area contributed by atoms with Crippen molar-refractivity contribution in [1.29, 1.82) is 0 Å². The van der Waals surface area contributed by atoms with Gasteiger partial charge < -0.3 is 15.0 Å². The average Bonchev–Trinajstić information content (AvgIpc) is 3.22. The van der Waals surface area contributed by atoms with E-state index < -0.39 is 0 Å². The zero-order valence-electron chi connectivity index (χ0n) is 17.2. The zero-order chi connectivity index (χ0) is 21.2. The summed E-state index contributed by atoms with van der Waals surface area (Å²) in [4.78, 5) is 29.5. The monoisotopic (exact) mass is 433 g/mol. The molecule has 4 heterocycles. The largest absolute Gasteiger partial charge is 0.496 e. The van der Waals surface area contributed by atoms with Crippen LogP contribution < -0.4 is 15.0 Å². The summed E-state index contributed by atoms with van der Waals surface area (Å²) in [6, 6.07) is 11.8. The Morgan fingerprint density at radius 1 is 1.16 bits per heavy atom. The first-order chi connectivity index (χ1) is 15.2. The number of piperidine rings is 1. The maximum Gasteiger partial charge on any atom is 0.223 e. The second kappa shape index (κ2) is 8.47. The van der Waals surface area contributed by atoms with Gasteiger partial charge in [0.25, 0.3) is 0 Å². The number of carbonyl (C=O) groups is 1. The minimum atomic E-state index is 0.00681. The number of anilines is 1. The van der Waals surface area contributed by atoms with Crippen molar-refractivity contribution >= 4 is 43.5 Å². The highest BCUT2D eigenvalue weighted by Crippen LogP contribution is 2.37. The molecule has 4 aromatic rings. The van der Waals surface area contributed by atoms with Crippen molar-refractivity contribution < 1.29 is 9.53 Å². The quantitative estimate of drug-likeness (QED) is 0.516. The van der Waals surface area contributed by atoms with Gasteiger partial charge in [0.15, 0.2) is 0 Å². The lowest BCUT2D eigenvalue weighted by Crippen LogP contribution is -2.40. The van der Waals surface area contributed by atoms with E-state index >= 15 is 0 Å². The van der Waals surface area contributed by atoms with E-state index in [-0.39, 0.29) is 11.8 Å². The third-order valence-corrected chi connectivity index (χ3v) is 6.92. The van der Waals surface area contributed by atoms with Crippen LogP contribution in [0.2, 0.25) is 0 Å². The average molecular weight is 434 g/mol. The van der Waals surface area contributed by atoms with E-state index in [1.54, 1.807) is 31.0 Å². The van der Waals surface area contributed by atoms with Crippen LogP contribution in [0.1, 0.15) is 18.4 Å². The van der Waals surface area contributed by atoms with Crippen LogP contribution in [0.15, 0.2) is 48.9 Å². The van der Waals surface area contributed by atoms with E-state index in [1.807, 2.05) is 30.3 Å². The van der Waals surface area contributed by atoms with Gasteiger partial charge in [-0.25, -0.2) is 15.0 Å². The first kappa shape index (κ1) is 19.7. The molecule has 7 nitrogen and oxygen atoms in total. The van der Waals surface area contributed by atoms with Crippen LogP contribution in [0.4, 0.5) is 5.82 Å². The van der Waals surface area contributed by atoms with Gasteiger partial charge in [-0.1, -0.05) is 18.2 Å². The van der Waals surface area contributed by atoms with Crippen molar-refractivity contribution in [2.75, 3.05) is 25.1 Å². The highest BCUT2D eigenvalue weighted by atomic mass is 32.1. The molecule has 1 aliphatic rings. The molecule has 1 N–H and O–H groups in total. The first-order valence-electron chi connectivity index (χ1n) is 10.4. The Morgan fingerprint density at radius 3 is 2.84 bits per heavy atom. The number of fused-ring (bicyclic) bond motifs is 3. The number of amides is 1. The number of carbonyl (C=O) groups excluding carboxylic acids is 1. The molecule has 1 amide bonds. The molecule has 0 bridgehead atoms. The second-order valence-corrected chi connectivity index (χ2v) is 8.62. The van der Waals surface area contributed by atoms with Crippen molar-refractivity contribution in [1.82, 2.24) is 20.3 Å². The Morgan fingerprint density at radius 2 is 2.00 bits per heavy atom. The summed E-state index contributed by atoms with van der Waals surface area (Å²) in [7, 11) is 1.65. The Hall–Kier alpha value is -3.26. The highest BCUT2D eigenvalue weighted by Gasteiger charge is 2.27. The molecule has 0 aliphatic carbocycles. The second-order valence-electron chi connectivity index (χ2n) is 7.62. The summed E-state index contributed by atoms with van der Waals surface area (Å²) in [5.41, 5.74) is 1.94. The summed E-state index contributed by atoms with van der Waals surface area (Å²) in [6.07, 6.45) is 5.03. The highest BCUT2D eigenvalue weighted by molar-refractivity contribution is 7.25. The van der Waals surface area contributed by atoms with Gasteiger partial charge in [0.2, 0.25) is 5.91 Å². The predicted octanol–water partition coefficient (Wildman–Crippen LogP) is 3.78. The number of aromatic nitrogens is 3. The van der Waals surface area contributed by atoms with Gasteiger partial charge in [0, 0.05) is 42.7 Å². The van der Waals surface area contributed by atoms with Crippen molar-refractivity contribution in [2.45, 2.75) is 19.4 Å². The third kappa shape index (κ3) is 3.79. The number of hydrogen-bond acceptors (Lipinski definition) is 7. The Kier molecular flexibility index (Phi) is 5.38. The molecular weight excluding hydrogens is 410 g/mol. The summed E-state index contributed by atoms with van der Waals surface area (Å²) in [5.74, 6) is 1.85. The molecule has 0 saturated carbocycles. The molecule has 1 aromatic carbocycles. The van der Waals surface area contributed by atoms with Crippen LogP contribution in [0.5, 0.6) is 5.75 Å². The third-order valence-electron chi connectivity index (χ3n) is 5.82. The summed E-state index contributed by atoms with van der Waals surface area (Å²) < 4.78 is 6.43. The molecule has 158 valence electrons. The van der Waals surface area contributed by atoms with Crippen LogP contribution >= 0.6 is 11.3 Å². The molecule has 0 spiro atoms. The van der Waals surface area contributed by atoms with Crippen LogP contribution in [0, 0.1) is 5.92 Å². The Labute approximate surface area is 184 Å². The summed E-state index contributed by atoms with van der Waals surface area (Å²) in [5, 5.41) is 4.14. The number of hydrogen-bond donors (Lipinski definition) is 1. The number of pyridine rings is 1. The molecule has 0 radical (unpaired) electrons. The predicted molar refractivity (Wildman–Crippen MR) is 122 cm³/mol. The number of methoxy groups -OCH3 is 1. The molecule has 0 unspecified atom stereocenters. The molecule has 8 heteroatoms. The lowest BCUT2D eigenvalue weighted by molar-refractivity contribution is -0.125. The van der Waals surface area contributed by atoms with Crippen molar-refractivity contribution in [2.24, 2.45) is 5.92 Å².